The summed E-state index contributed by atoms with van der Waals surface area (Å²) >= 11 is 0. The second kappa shape index (κ2) is 7.71. The van der Waals surface area contributed by atoms with Gasteiger partial charge >= 0.3 is 0 Å². The van der Waals surface area contributed by atoms with Crippen LogP contribution in [-0.2, 0) is 20.8 Å². The van der Waals surface area contributed by atoms with Gasteiger partial charge in [0, 0.05) is 26.3 Å². The fraction of sp³-hybridized carbons (Fsp3) is 0.750. The molecule has 1 aromatic rings. The molecule has 0 spiro atoms. The zero-order valence-electron chi connectivity index (χ0n) is 15.6. The number of rotatable bonds is 8. The van der Waals surface area contributed by atoms with Gasteiger partial charge in [0.05, 0.1) is 31.1 Å². The molecule has 2 saturated carbocycles. The van der Waals surface area contributed by atoms with Crippen LogP contribution in [0.3, 0.4) is 0 Å². The molecule has 2 heterocycles. The molecular weight excluding hydrogens is 332 g/mol. The molecule has 0 radical (unpaired) electrons. The van der Waals surface area contributed by atoms with Crippen molar-refractivity contribution in [3.8, 4) is 0 Å². The van der Waals surface area contributed by atoms with Crippen LogP contribution in [0.15, 0.2) is 22.8 Å². The fourth-order valence-electron chi connectivity index (χ4n) is 4.49. The molecule has 1 amide bonds. The van der Waals surface area contributed by atoms with Crippen LogP contribution in [0.2, 0.25) is 0 Å². The Morgan fingerprint density at radius 3 is 3.00 bits per heavy atom. The summed E-state index contributed by atoms with van der Waals surface area (Å²) in [5.41, 5.74) is -0.110. The minimum atomic E-state index is -0.110. The van der Waals surface area contributed by atoms with E-state index in [2.05, 4.69) is 10.2 Å². The van der Waals surface area contributed by atoms with Crippen LogP contribution in [0, 0.1) is 5.92 Å². The standard InChI is InChI=1S/C20H30N2O4/c1-24-20-7-6-16(26-14-15-4-5-15)11-18(20)22(9-8-20)13-19(23)21-12-17-3-2-10-25-17/h2-3,10,15-16,18H,4-9,11-14H2,1H3,(H,21,23)/t16-,18+,20-/m1/s1. The second-order valence-electron chi connectivity index (χ2n) is 8.03. The van der Waals surface area contributed by atoms with Gasteiger partial charge in [0.25, 0.3) is 0 Å². The van der Waals surface area contributed by atoms with Gasteiger partial charge in [-0.2, -0.15) is 0 Å². The first-order chi connectivity index (χ1) is 12.7. The maximum absolute atomic E-state index is 12.4. The largest absolute Gasteiger partial charge is 0.467 e. The summed E-state index contributed by atoms with van der Waals surface area (Å²) in [6.45, 7) is 2.65. The number of nitrogens with one attached hydrogen (secondary N) is 1. The first-order valence-electron chi connectivity index (χ1n) is 9.88. The number of ether oxygens (including phenoxy) is 2. The molecule has 0 bridgehead atoms. The van der Waals surface area contributed by atoms with E-state index in [0.717, 1.165) is 50.5 Å². The number of furan rings is 1. The van der Waals surface area contributed by atoms with Gasteiger partial charge in [-0.1, -0.05) is 0 Å². The topological polar surface area (TPSA) is 63.9 Å². The normalized spacial score (nSPS) is 31.7. The molecule has 26 heavy (non-hydrogen) atoms. The van der Waals surface area contributed by atoms with Crippen LogP contribution in [0.4, 0.5) is 0 Å². The Balaban J connectivity index is 1.32. The maximum Gasteiger partial charge on any atom is 0.234 e. The quantitative estimate of drug-likeness (QED) is 0.769. The molecule has 6 nitrogen and oxygen atoms in total. The van der Waals surface area contributed by atoms with E-state index in [1.807, 2.05) is 19.2 Å². The summed E-state index contributed by atoms with van der Waals surface area (Å²) < 4.78 is 17.4. The maximum atomic E-state index is 12.4. The SMILES string of the molecule is CO[C@@]12CC[C@@H](OCC3CC3)C[C@@H]1N(CC(=O)NCc1ccco1)CC2. The Morgan fingerprint density at radius 1 is 1.38 bits per heavy atom. The Morgan fingerprint density at radius 2 is 2.27 bits per heavy atom. The minimum absolute atomic E-state index is 0.0364. The van der Waals surface area contributed by atoms with E-state index < -0.39 is 0 Å². The molecule has 1 aliphatic heterocycles. The van der Waals surface area contributed by atoms with Crippen LogP contribution in [0.5, 0.6) is 0 Å². The van der Waals surface area contributed by atoms with Gasteiger partial charge in [-0.3, -0.25) is 9.69 Å². The van der Waals surface area contributed by atoms with E-state index in [0.29, 0.717) is 19.2 Å². The minimum Gasteiger partial charge on any atom is -0.467 e. The second-order valence-corrected chi connectivity index (χ2v) is 8.03. The fourth-order valence-corrected chi connectivity index (χ4v) is 4.49. The molecule has 3 aliphatic rings. The molecule has 144 valence electrons. The zero-order chi connectivity index (χ0) is 18.0. The number of likely N-dealkylation sites (tertiary alicyclic amines) is 1. The lowest BCUT2D eigenvalue weighted by molar-refractivity contribution is -0.126. The van der Waals surface area contributed by atoms with Crippen LogP contribution >= 0.6 is 0 Å². The third-order valence-corrected chi connectivity index (χ3v) is 6.30. The molecule has 0 aromatic carbocycles. The summed E-state index contributed by atoms with van der Waals surface area (Å²) in [5, 5.41) is 2.95. The highest BCUT2D eigenvalue weighted by Gasteiger charge is 2.51. The van der Waals surface area contributed by atoms with Crippen molar-refractivity contribution < 1.29 is 18.7 Å². The first kappa shape index (κ1) is 18.0. The summed E-state index contributed by atoms with van der Waals surface area (Å²) in [5.74, 6) is 1.60. The molecule has 6 heteroatoms. The number of amides is 1. The van der Waals surface area contributed by atoms with E-state index in [9.17, 15) is 4.79 Å². The predicted molar refractivity (Wildman–Crippen MR) is 96.6 cm³/mol. The summed E-state index contributed by atoms with van der Waals surface area (Å²) in [6, 6.07) is 3.97. The van der Waals surface area contributed by atoms with E-state index in [1.54, 1.807) is 6.26 Å². The van der Waals surface area contributed by atoms with Gasteiger partial charge < -0.3 is 19.2 Å². The molecule has 1 saturated heterocycles. The third-order valence-electron chi connectivity index (χ3n) is 6.30. The number of carbonyl (C=O) groups excluding carboxylic acids is 1. The van der Waals surface area contributed by atoms with Crippen molar-refractivity contribution in [2.45, 2.75) is 62.8 Å². The molecule has 4 rings (SSSR count). The van der Waals surface area contributed by atoms with Crippen molar-refractivity contribution in [3.63, 3.8) is 0 Å². The lowest BCUT2D eigenvalue weighted by Crippen LogP contribution is -2.53. The number of hydrogen-bond acceptors (Lipinski definition) is 5. The highest BCUT2D eigenvalue weighted by atomic mass is 16.5. The molecule has 0 unspecified atom stereocenters. The lowest BCUT2D eigenvalue weighted by atomic mass is 9.79. The van der Waals surface area contributed by atoms with Gasteiger partial charge in [-0.15, -0.1) is 0 Å². The van der Waals surface area contributed by atoms with Gasteiger partial charge in [-0.25, -0.2) is 0 Å². The number of nitrogens with zero attached hydrogens (tertiary/aromatic N) is 1. The molecule has 1 N–H and O–H groups in total. The van der Waals surface area contributed by atoms with Crippen LogP contribution in [-0.4, -0.2) is 55.4 Å². The van der Waals surface area contributed by atoms with Crippen molar-refractivity contribution in [1.82, 2.24) is 10.2 Å². The van der Waals surface area contributed by atoms with Gasteiger partial charge in [0.15, 0.2) is 0 Å². The van der Waals surface area contributed by atoms with Gasteiger partial charge in [-0.05, 0) is 56.6 Å². The molecule has 3 fully saturated rings. The van der Waals surface area contributed by atoms with E-state index >= 15 is 0 Å². The Kier molecular flexibility index (Phi) is 5.34. The van der Waals surface area contributed by atoms with Crippen molar-refractivity contribution in [1.29, 1.82) is 0 Å². The lowest BCUT2D eigenvalue weighted by Gasteiger charge is -2.43. The average Bonchev–Trinajstić information content (AvgIpc) is 3.21. The average molecular weight is 362 g/mol. The molecular formula is C20H30N2O4. The van der Waals surface area contributed by atoms with Gasteiger partial charge in [0.2, 0.25) is 5.91 Å². The number of hydrogen-bond donors (Lipinski definition) is 1. The molecule has 1 aromatic heterocycles. The molecule has 2 aliphatic carbocycles. The van der Waals surface area contributed by atoms with Crippen molar-refractivity contribution in [2.75, 3.05) is 26.8 Å². The summed E-state index contributed by atoms with van der Waals surface area (Å²) in [7, 11) is 1.82. The Labute approximate surface area is 155 Å². The number of fused-ring (bicyclic) bond motifs is 1. The Hall–Kier alpha value is -1.37. The highest BCUT2D eigenvalue weighted by molar-refractivity contribution is 5.78. The summed E-state index contributed by atoms with van der Waals surface area (Å²) in [6.07, 6.45) is 8.61. The first-order valence-corrected chi connectivity index (χ1v) is 9.88. The summed E-state index contributed by atoms with van der Waals surface area (Å²) in [4.78, 5) is 14.7. The van der Waals surface area contributed by atoms with Crippen LogP contribution < -0.4 is 5.32 Å². The van der Waals surface area contributed by atoms with Gasteiger partial charge in [0.1, 0.15) is 5.76 Å². The van der Waals surface area contributed by atoms with Crippen LogP contribution in [0.25, 0.3) is 0 Å². The van der Waals surface area contributed by atoms with E-state index in [1.165, 1.54) is 12.8 Å². The predicted octanol–water partition coefficient (Wildman–Crippen LogP) is 2.33. The monoisotopic (exact) mass is 362 g/mol. The smallest absolute Gasteiger partial charge is 0.234 e. The number of carbonyl (C=O) groups is 1. The highest BCUT2D eigenvalue weighted by Crippen LogP contribution is 2.43. The zero-order valence-corrected chi connectivity index (χ0v) is 15.6. The van der Waals surface area contributed by atoms with Crippen molar-refractivity contribution in [3.05, 3.63) is 24.2 Å². The Bertz CT molecular complexity index is 601. The number of methoxy groups -OCH3 is 1. The van der Waals surface area contributed by atoms with E-state index in [4.69, 9.17) is 13.9 Å². The molecule has 3 atom stereocenters. The van der Waals surface area contributed by atoms with Crippen LogP contribution in [0.1, 0.15) is 44.3 Å². The third kappa shape index (κ3) is 3.97. The van der Waals surface area contributed by atoms with Crippen molar-refractivity contribution >= 4 is 5.91 Å². The van der Waals surface area contributed by atoms with E-state index in [-0.39, 0.29) is 17.6 Å². The van der Waals surface area contributed by atoms with Crippen molar-refractivity contribution in [2.24, 2.45) is 5.92 Å².